The number of fused-ring (bicyclic) bond motifs is 1. The highest BCUT2D eigenvalue weighted by Crippen LogP contribution is 2.38. The summed E-state index contributed by atoms with van der Waals surface area (Å²) in [7, 11) is 0. The Hall–Kier alpha value is -1.85. The number of rotatable bonds is 3. The standard InChI is InChI=1S/C15H19N3O3/c1-9-11(7-16-21-9)15(20)17-5-4-12-13(17)6-14(19)18(12)8-10-2-3-10/h7,10,12-13H,2-6,8H2,1H3/t12-,13-/m0/s1. The largest absolute Gasteiger partial charge is 0.361 e. The molecule has 2 saturated heterocycles. The summed E-state index contributed by atoms with van der Waals surface area (Å²) in [6, 6.07) is 0.236. The van der Waals surface area contributed by atoms with Gasteiger partial charge in [0.15, 0.2) is 0 Å². The zero-order chi connectivity index (χ0) is 14.6. The van der Waals surface area contributed by atoms with E-state index < -0.39 is 0 Å². The Kier molecular flexibility index (Phi) is 2.80. The van der Waals surface area contributed by atoms with Crippen molar-refractivity contribution in [1.29, 1.82) is 0 Å². The lowest BCUT2D eigenvalue weighted by Crippen LogP contribution is -2.40. The van der Waals surface area contributed by atoms with Gasteiger partial charge in [0.2, 0.25) is 5.91 Å². The van der Waals surface area contributed by atoms with Gasteiger partial charge in [-0.3, -0.25) is 9.59 Å². The summed E-state index contributed by atoms with van der Waals surface area (Å²) in [6.45, 7) is 3.34. The van der Waals surface area contributed by atoms with Gasteiger partial charge in [0, 0.05) is 19.5 Å². The van der Waals surface area contributed by atoms with Gasteiger partial charge in [-0.05, 0) is 32.1 Å². The number of aryl methyl sites for hydroxylation is 1. The minimum Gasteiger partial charge on any atom is -0.361 e. The lowest BCUT2D eigenvalue weighted by atomic mass is 10.1. The van der Waals surface area contributed by atoms with Crippen LogP contribution in [0, 0.1) is 12.8 Å². The highest BCUT2D eigenvalue weighted by molar-refractivity contribution is 5.96. The van der Waals surface area contributed by atoms with Crippen molar-refractivity contribution in [3.8, 4) is 0 Å². The average Bonchev–Trinajstić information content (AvgIpc) is 2.90. The van der Waals surface area contributed by atoms with Gasteiger partial charge in [0.25, 0.3) is 5.91 Å². The van der Waals surface area contributed by atoms with Crippen LogP contribution in [0.4, 0.5) is 0 Å². The first-order valence-electron chi connectivity index (χ1n) is 7.67. The number of hydrogen-bond donors (Lipinski definition) is 0. The van der Waals surface area contributed by atoms with Crippen molar-refractivity contribution in [3.63, 3.8) is 0 Å². The van der Waals surface area contributed by atoms with Crippen LogP contribution in [-0.2, 0) is 4.79 Å². The van der Waals surface area contributed by atoms with E-state index in [1.54, 1.807) is 6.92 Å². The molecular formula is C15H19N3O3. The molecule has 0 aromatic carbocycles. The Labute approximate surface area is 123 Å². The van der Waals surface area contributed by atoms with Gasteiger partial charge < -0.3 is 14.3 Å². The predicted octanol–water partition coefficient (Wildman–Crippen LogP) is 1.21. The molecule has 0 N–H and O–H groups in total. The Morgan fingerprint density at radius 2 is 2.19 bits per heavy atom. The van der Waals surface area contributed by atoms with E-state index in [1.807, 2.05) is 9.80 Å². The van der Waals surface area contributed by atoms with Crippen LogP contribution in [0.2, 0.25) is 0 Å². The SMILES string of the molecule is Cc1oncc1C(=O)N1CC[C@H]2[C@@H]1CC(=O)N2CC1CC1. The van der Waals surface area contributed by atoms with Crippen LogP contribution in [0.15, 0.2) is 10.7 Å². The molecule has 2 aliphatic heterocycles. The number of amides is 2. The Bertz CT molecular complexity index is 593. The molecule has 3 fully saturated rings. The van der Waals surface area contributed by atoms with E-state index in [1.165, 1.54) is 19.0 Å². The molecule has 6 nitrogen and oxygen atoms in total. The van der Waals surface area contributed by atoms with Crippen molar-refractivity contribution in [2.45, 2.75) is 44.7 Å². The second-order valence-electron chi connectivity index (χ2n) is 6.41. The molecule has 2 atom stereocenters. The second-order valence-corrected chi connectivity index (χ2v) is 6.41. The van der Waals surface area contributed by atoms with Gasteiger partial charge >= 0.3 is 0 Å². The van der Waals surface area contributed by atoms with E-state index in [0.29, 0.717) is 30.2 Å². The quantitative estimate of drug-likeness (QED) is 0.839. The van der Waals surface area contributed by atoms with Gasteiger partial charge in [-0.2, -0.15) is 0 Å². The molecule has 3 aliphatic rings. The third kappa shape index (κ3) is 2.04. The molecule has 21 heavy (non-hydrogen) atoms. The average molecular weight is 289 g/mol. The Morgan fingerprint density at radius 3 is 2.86 bits per heavy atom. The maximum atomic E-state index is 12.6. The molecule has 0 bridgehead atoms. The van der Waals surface area contributed by atoms with Crippen molar-refractivity contribution >= 4 is 11.8 Å². The molecule has 6 heteroatoms. The third-order valence-corrected chi connectivity index (χ3v) is 5.01. The van der Waals surface area contributed by atoms with E-state index in [4.69, 9.17) is 4.52 Å². The van der Waals surface area contributed by atoms with Crippen LogP contribution in [0.1, 0.15) is 41.8 Å². The number of hydrogen-bond acceptors (Lipinski definition) is 4. The summed E-state index contributed by atoms with van der Waals surface area (Å²) < 4.78 is 4.98. The Morgan fingerprint density at radius 1 is 1.38 bits per heavy atom. The maximum absolute atomic E-state index is 12.6. The summed E-state index contributed by atoms with van der Waals surface area (Å²) in [5.41, 5.74) is 0.517. The number of nitrogens with zero attached hydrogens (tertiary/aromatic N) is 3. The van der Waals surface area contributed by atoms with Crippen molar-refractivity contribution in [3.05, 3.63) is 17.5 Å². The van der Waals surface area contributed by atoms with Crippen LogP contribution < -0.4 is 0 Å². The Balaban J connectivity index is 1.53. The summed E-state index contributed by atoms with van der Waals surface area (Å²) >= 11 is 0. The van der Waals surface area contributed by atoms with Gasteiger partial charge in [-0.25, -0.2) is 0 Å². The molecule has 1 aromatic heterocycles. The van der Waals surface area contributed by atoms with Crippen LogP contribution >= 0.6 is 0 Å². The second kappa shape index (κ2) is 4.58. The monoisotopic (exact) mass is 289 g/mol. The summed E-state index contributed by atoms with van der Waals surface area (Å²) in [6.07, 6.45) is 5.31. The fraction of sp³-hybridized carbons (Fsp3) is 0.667. The van der Waals surface area contributed by atoms with Crippen molar-refractivity contribution in [2.75, 3.05) is 13.1 Å². The minimum absolute atomic E-state index is 0.0260. The smallest absolute Gasteiger partial charge is 0.259 e. The normalized spacial score (nSPS) is 28.3. The molecule has 0 unspecified atom stereocenters. The highest BCUT2D eigenvalue weighted by Gasteiger charge is 2.49. The topological polar surface area (TPSA) is 66.7 Å². The highest BCUT2D eigenvalue weighted by atomic mass is 16.5. The third-order valence-electron chi connectivity index (χ3n) is 5.01. The fourth-order valence-electron chi connectivity index (χ4n) is 3.65. The van der Waals surface area contributed by atoms with Crippen molar-refractivity contribution in [1.82, 2.24) is 15.0 Å². The molecule has 112 valence electrons. The lowest BCUT2D eigenvalue weighted by molar-refractivity contribution is -0.129. The first kappa shape index (κ1) is 12.9. The lowest BCUT2D eigenvalue weighted by Gasteiger charge is -2.25. The summed E-state index contributed by atoms with van der Waals surface area (Å²) in [5.74, 6) is 1.39. The number of carbonyl (C=O) groups is 2. The predicted molar refractivity (Wildman–Crippen MR) is 73.5 cm³/mol. The number of carbonyl (C=O) groups excluding carboxylic acids is 2. The zero-order valence-electron chi connectivity index (χ0n) is 12.1. The van der Waals surface area contributed by atoms with Gasteiger partial charge in [-0.1, -0.05) is 5.16 Å². The van der Waals surface area contributed by atoms with E-state index in [2.05, 4.69) is 5.16 Å². The van der Waals surface area contributed by atoms with Gasteiger partial charge in [0.05, 0.1) is 18.3 Å². The van der Waals surface area contributed by atoms with Crippen LogP contribution in [0.3, 0.4) is 0 Å². The van der Waals surface area contributed by atoms with E-state index in [9.17, 15) is 9.59 Å². The molecule has 1 aromatic rings. The minimum atomic E-state index is -0.0534. The number of aromatic nitrogens is 1. The summed E-state index contributed by atoms with van der Waals surface area (Å²) in [5, 5.41) is 3.68. The molecule has 0 radical (unpaired) electrons. The molecule has 1 aliphatic carbocycles. The molecule has 4 rings (SSSR count). The molecule has 2 amide bonds. The van der Waals surface area contributed by atoms with E-state index in [-0.39, 0.29) is 23.9 Å². The molecule has 0 spiro atoms. The van der Waals surface area contributed by atoms with Gasteiger partial charge in [0.1, 0.15) is 11.3 Å². The number of likely N-dealkylation sites (tertiary alicyclic amines) is 2. The molecular weight excluding hydrogens is 270 g/mol. The fourth-order valence-corrected chi connectivity index (χ4v) is 3.65. The maximum Gasteiger partial charge on any atom is 0.259 e. The van der Waals surface area contributed by atoms with Crippen molar-refractivity contribution < 1.29 is 14.1 Å². The van der Waals surface area contributed by atoms with E-state index >= 15 is 0 Å². The zero-order valence-corrected chi connectivity index (χ0v) is 12.1. The van der Waals surface area contributed by atoms with Crippen LogP contribution in [0.25, 0.3) is 0 Å². The first-order chi connectivity index (χ1) is 10.1. The van der Waals surface area contributed by atoms with Gasteiger partial charge in [-0.15, -0.1) is 0 Å². The summed E-state index contributed by atoms with van der Waals surface area (Å²) in [4.78, 5) is 28.7. The first-order valence-corrected chi connectivity index (χ1v) is 7.67. The molecule has 1 saturated carbocycles. The van der Waals surface area contributed by atoms with Crippen LogP contribution in [0.5, 0.6) is 0 Å². The van der Waals surface area contributed by atoms with E-state index in [0.717, 1.165) is 13.0 Å². The molecule has 3 heterocycles. The van der Waals surface area contributed by atoms with Crippen molar-refractivity contribution in [2.24, 2.45) is 5.92 Å². The van der Waals surface area contributed by atoms with Crippen LogP contribution in [-0.4, -0.2) is 51.9 Å².